The van der Waals surface area contributed by atoms with Gasteiger partial charge in [0.1, 0.15) is 11.9 Å². The summed E-state index contributed by atoms with van der Waals surface area (Å²) in [5, 5.41) is 4.04. The van der Waals surface area contributed by atoms with Gasteiger partial charge in [0.05, 0.1) is 29.4 Å². The second-order valence-electron chi connectivity index (χ2n) is 10.3. The molecule has 3 heterocycles. The van der Waals surface area contributed by atoms with Gasteiger partial charge in [-0.3, -0.25) is 4.79 Å². The summed E-state index contributed by atoms with van der Waals surface area (Å²) in [7, 11) is 3.72. The van der Waals surface area contributed by atoms with E-state index in [0.29, 0.717) is 18.0 Å². The maximum absolute atomic E-state index is 14.2. The molecule has 2 aromatic heterocycles. The predicted octanol–water partition coefficient (Wildman–Crippen LogP) is 4.13. The van der Waals surface area contributed by atoms with E-state index in [1.807, 2.05) is 19.2 Å². The van der Waals surface area contributed by atoms with Gasteiger partial charge in [0.2, 0.25) is 0 Å². The molecule has 0 bridgehead atoms. The van der Waals surface area contributed by atoms with Crippen molar-refractivity contribution >= 4 is 27.8 Å². The first-order valence-corrected chi connectivity index (χ1v) is 12.7. The van der Waals surface area contributed by atoms with E-state index in [-0.39, 0.29) is 12.3 Å². The van der Waals surface area contributed by atoms with Crippen LogP contribution < -0.4 is 15.8 Å². The first-order chi connectivity index (χ1) is 17.4. The van der Waals surface area contributed by atoms with Crippen molar-refractivity contribution in [1.29, 1.82) is 0 Å². The molecule has 6 rings (SSSR count). The number of ether oxygens (including phenoxy) is 1. The van der Waals surface area contributed by atoms with Crippen molar-refractivity contribution in [2.45, 2.75) is 51.4 Å². The van der Waals surface area contributed by atoms with Gasteiger partial charge in [-0.1, -0.05) is 12.1 Å². The van der Waals surface area contributed by atoms with Gasteiger partial charge in [0, 0.05) is 37.1 Å². The Bertz CT molecular complexity index is 1500. The fourth-order valence-electron chi connectivity index (χ4n) is 5.54. The summed E-state index contributed by atoms with van der Waals surface area (Å²) >= 11 is 0. The molecule has 3 N–H and O–H groups in total. The molecule has 7 nitrogen and oxygen atoms in total. The molecule has 188 valence electrons. The van der Waals surface area contributed by atoms with Crippen molar-refractivity contribution in [2.75, 3.05) is 13.7 Å². The number of benzene rings is 2. The molecule has 4 aromatic rings. The van der Waals surface area contributed by atoms with Crippen LogP contribution in [0, 0.1) is 5.92 Å². The number of imidazole rings is 1. The highest BCUT2D eigenvalue weighted by Gasteiger charge is 2.30. The Morgan fingerprint density at radius 2 is 2.11 bits per heavy atom. The van der Waals surface area contributed by atoms with E-state index in [1.54, 1.807) is 7.11 Å². The fourth-order valence-corrected chi connectivity index (χ4v) is 5.54. The molecule has 0 spiro atoms. The summed E-state index contributed by atoms with van der Waals surface area (Å²) in [5.41, 5.74) is 12.2. The van der Waals surface area contributed by atoms with Gasteiger partial charge in [-0.15, -0.1) is 0 Å². The second kappa shape index (κ2) is 8.62. The summed E-state index contributed by atoms with van der Waals surface area (Å²) in [6.45, 7) is 2.95. The van der Waals surface area contributed by atoms with Gasteiger partial charge in [-0.25, -0.2) is 9.37 Å². The van der Waals surface area contributed by atoms with Crippen molar-refractivity contribution in [3.05, 3.63) is 47.0 Å². The maximum atomic E-state index is 14.2. The zero-order chi connectivity index (χ0) is 25.1. The smallest absolute Gasteiger partial charge is 0.251 e. The lowest BCUT2D eigenvalue weighted by molar-refractivity contribution is 0.0945. The molecule has 1 amide bonds. The van der Waals surface area contributed by atoms with Crippen LogP contribution in [0.25, 0.3) is 33.5 Å². The predicted molar refractivity (Wildman–Crippen MR) is 139 cm³/mol. The summed E-state index contributed by atoms with van der Waals surface area (Å²) in [4.78, 5) is 18.1. The lowest BCUT2D eigenvalue weighted by Gasteiger charge is -2.22. The molecule has 2 aromatic carbocycles. The summed E-state index contributed by atoms with van der Waals surface area (Å²) in [5.74, 6) is 2.17. The average Bonchev–Trinajstić information content (AvgIpc) is 3.53. The number of nitrogens with one attached hydrogen (secondary N) is 1. The molecule has 2 atom stereocenters. The van der Waals surface area contributed by atoms with Gasteiger partial charge in [0.25, 0.3) is 5.91 Å². The number of nitrogens with two attached hydrogens (primary N) is 1. The number of methoxy groups -OCH3 is 1. The third kappa shape index (κ3) is 3.66. The van der Waals surface area contributed by atoms with E-state index < -0.39 is 12.2 Å². The number of amides is 1. The number of hydrogen-bond acceptors (Lipinski definition) is 4. The first kappa shape index (κ1) is 23.0. The molecule has 1 fully saturated rings. The molecule has 0 saturated heterocycles. The van der Waals surface area contributed by atoms with E-state index in [9.17, 15) is 9.18 Å². The number of aromatic nitrogens is 3. The highest BCUT2D eigenvalue weighted by Crippen LogP contribution is 2.40. The summed E-state index contributed by atoms with van der Waals surface area (Å²) in [6, 6.07) is 9.63. The van der Waals surface area contributed by atoms with Gasteiger partial charge in [-0.05, 0) is 67.9 Å². The number of rotatable bonds is 7. The minimum atomic E-state index is -1.20. The van der Waals surface area contributed by atoms with Crippen molar-refractivity contribution in [1.82, 2.24) is 19.4 Å². The van der Waals surface area contributed by atoms with E-state index in [1.165, 1.54) is 19.8 Å². The summed E-state index contributed by atoms with van der Waals surface area (Å²) < 4.78 is 24.3. The number of aryl methyl sites for hydroxylation is 1. The molecule has 8 heteroatoms. The molecule has 1 aliphatic carbocycles. The van der Waals surface area contributed by atoms with Crippen molar-refractivity contribution < 1.29 is 13.9 Å². The van der Waals surface area contributed by atoms with Crippen LogP contribution in [0.3, 0.4) is 0 Å². The lowest BCUT2D eigenvalue weighted by atomic mass is 9.90. The van der Waals surface area contributed by atoms with Crippen LogP contribution in [-0.2, 0) is 26.4 Å². The lowest BCUT2D eigenvalue weighted by Crippen LogP contribution is -2.36. The minimum absolute atomic E-state index is 0.133. The van der Waals surface area contributed by atoms with Gasteiger partial charge in [-0.2, -0.15) is 0 Å². The second-order valence-corrected chi connectivity index (χ2v) is 10.3. The van der Waals surface area contributed by atoms with Gasteiger partial charge < -0.3 is 24.9 Å². The molecule has 0 unspecified atom stereocenters. The monoisotopic (exact) mass is 489 g/mol. The number of fused-ring (bicyclic) bond motifs is 3. The zero-order valence-electron chi connectivity index (χ0n) is 21.0. The SMILES string of the molecule is COc1cccc2cc(-c3nc4c(C[C@H](N)[C@H](C)F)c5c(cc4n3C)CCNC5=O)n(CC3CC3)c12. The topological polar surface area (TPSA) is 87.1 Å². The maximum Gasteiger partial charge on any atom is 0.251 e. The average molecular weight is 490 g/mol. The van der Waals surface area contributed by atoms with Crippen molar-refractivity contribution in [2.24, 2.45) is 18.7 Å². The Balaban J connectivity index is 1.61. The van der Waals surface area contributed by atoms with Crippen LogP contribution in [0.5, 0.6) is 5.75 Å². The molecular formula is C28H32FN5O2. The first-order valence-electron chi connectivity index (χ1n) is 12.7. The largest absolute Gasteiger partial charge is 0.495 e. The molecule has 1 aliphatic heterocycles. The normalized spacial score (nSPS) is 17.3. The van der Waals surface area contributed by atoms with Crippen LogP contribution in [0.1, 0.15) is 41.3 Å². The van der Waals surface area contributed by atoms with Crippen LogP contribution in [0.2, 0.25) is 0 Å². The Morgan fingerprint density at radius 3 is 2.83 bits per heavy atom. The summed E-state index contributed by atoms with van der Waals surface area (Å²) in [6.07, 6.45) is 2.23. The standard InChI is InChI=1S/C28H32FN5O2/c1-15(29)20(30)13-19-24-17(9-10-31-28(24)35)11-21-25(19)32-27(33(21)2)22-12-18-5-4-6-23(36-3)26(18)34(22)14-16-7-8-16/h4-6,11-12,15-16,20H,7-10,13-14,30H2,1-3H3,(H,31,35)/t15-,20-/m0/s1. The number of carbonyl (C=O) groups excluding carboxylic acids is 1. The Morgan fingerprint density at radius 1 is 1.31 bits per heavy atom. The zero-order valence-corrected chi connectivity index (χ0v) is 21.0. The van der Waals surface area contributed by atoms with E-state index in [4.69, 9.17) is 15.5 Å². The number of hydrogen-bond donors (Lipinski definition) is 2. The number of halogens is 1. The van der Waals surface area contributed by atoms with Gasteiger partial charge in [0.15, 0.2) is 5.82 Å². The van der Waals surface area contributed by atoms with E-state index in [0.717, 1.165) is 63.3 Å². The van der Waals surface area contributed by atoms with Crippen LogP contribution in [0.15, 0.2) is 30.3 Å². The molecule has 36 heavy (non-hydrogen) atoms. The van der Waals surface area contributed by atoms with Crippen LogP contribution >= 0.6 is 0 Å². The third-order valence-electron chi connectivity index (χ3n) is 7.77. The van der Waals surface area contributed by atoms with Gasteiger partial charge >= 0.3 is 0 Å². The number of carbonyl (C=O) groups is 1. The number of para-hydroxylation sites is 1. The Hall–Kier alpha value is -3.39. The molecule has 0 radical (unpaired) electrons. The number of nitrogens with zero attached hydrogens (tertiary/aromatic N) is 3. The number of alkyl halides is 1. The Kier molecular flexibility index (Phi) is 5.52. The van der Waals surface area contributed by atoms with Crippen molar-refractivity contribution in [3.63, 3.8) is 0 Å². The van der Waals surface area contributed by atoms with Crippen LogP contribution in [0.4, 0.5) is 4.39 Å². The highest BCUT2D eigenvalue weighted by atomic mass is 19.1. The molecule has 1 saturated carbocycles. The minimum Gasteiger partial charge on any atom is -0.495 e. The molecule has 2 aliphatic rings. The van der Waals surface area contributed by atoms with E-state index >= 15 is 0 Å². The third-order valence-corrected chi connectivity index (χ3v) is 7.77. The van der Waals surface area contributed by atoms with Crippen LogP contribution in [-0.4, -0.2) is 45.9 Å². The Labute approximate surface area is 209 Å². The highest BCUT2D eigenvalue weighted by molar-refractivity contribution is 6.03. The molecular weight excluding hydrogens is 457 g/mol. The van der Waals surface area contributed by atoms with Crippen molar-refractivity contribution in [3.8, 4) is 17.3 Å². The van der Waals surface area contributed by atoms with E-state index in [2.05, 4.69) is 32.7 Å². The fraction of sp³-hybridized carbons (Fsp3) is 0.429. The quantitative estimate of drug-likeness (QED) is 0.409.